The second-order valence-corrected chi connectivity index (χ2v) is 4.24. The molecule has 0 aromatic carbocycles. The van der Waals surface area contributed by atoms with Crippen molar-refractivity contribution in [2.45, 2.75) is 32.2 Å². The molecule has 0 amide bonds. The number of carbonyl (C=O) groups is 1. The van der Waals surface area contributed by atoms with E-state index in [1.165, 1.54) is 19.3 Å². The van der Waals surface area contributed by atoms with E-state index in [1.54, 1.807) is 0 Å². The molecule has 1 aliphatic rings. The number of aliphatic carboxylic acids is 1. The van der Waals surface area contributed by atoms with Gasteiger partial charge in [-0.1, -0.05) is 13.3 Å². The summed E-state index contributed by atoms with van der Waals surface area (Å²) in [5.74, 6) is -0.939. The van der Waals surface area contributed by atoms with Crippen LogP contribution in [0.3, 0.4) is 0 Å². The lowest BCUT2D eigenvalue weighted by atomic mass is 9.70. The van der Waals surface area contributed by atoms with Crippen molar-refractivity contribution in [2.75, 3.05) is 13.1 Å². The van der Waals surface area contributed by atoms with Gasteiger partial charge in [-0.25, -0.2) is 0 Å². The van der Waals surface area contributed by atoms with Crippen molar-refractivity contribution >= 4 is 5.97 Å². The van der Waals surface area contributed by atoms with Crippen molar-refractivity contribution in [1.29, 1.82) is 0 Å². The minimum absolute atomic E-state index is 0.366. The van der Waals surface area contributed by atoms with Crippen LogP contribution in [0.5, 0.6) is 0 Å². The normalized spacial score (nSPS) is 22.0. The topological polar surface area (TPSA) is 75.3 Å². The van der Waals surface area contributed by atoms with Gasteiger partial charge in [-0.05, 0) is 18.3 Å². The highest BCUT2D eigenvalue weighted by Gasteiger charge is 2.31. The number of carboxylic acids is 1. The summed E-state index contributed by atoms with van der Waals surface area (Å²) in [6, 6.07) is -0.774. The molecule has 0 radical (unpaired) electrons. The highest BCUT2D eigenvalue weighted by molar-refractivity contribution is 5.73. The molecule has 1 unspecified atom stereocenters. The Kier molecular flexibility index (Phi) is 3.27. The molecule has 1 saturated carbocycles. The molecule has 1 fully saturated rings. The minimum Gasteiger partial charge on any atom is -0.480 e. The Balaban J connectivity index is 2.10. The summed E-state index contributed by atoms with van der Waals surface area (Å²) >= 11 is 0. The second kappa shape index (κ2) is 4.07. The Morgan fingerprint density at radius 3 is 2.69 bits per heavy atom. The molecule has 0 bridgehead atoms. The molecule has 13 heavy (non-hydrogen) atoms. The Morgan fingerprint density at radius 2 is 2.31 bits per heavy atom. The van der Waals surface area contributed by atoms with Gasteiger partial charge in [-0.15, -0.1) is 0 Å². The Bertz CT molecular complexity index is 190. The number of nitrogens with two attached hydrogens (primary N) is 1. The van der Waals surface area contributed by atoms with Gasteiger partial charge < -0.3 is 16.2 Å². The summed E-state index contributed by atoms with van der Waals surface area (Å²) in [6.45, 7) is 3.47. The van der Waals surface area contributed by atoms with Crippen molar-refractivity contribution in [3.05, 3.63) is 0 Å². The average Bonchev–Trinajstić information content (AvgIpc) is 2.01. The van der Waals surface area contributed by atoms with Crippen LogP contribution >= 0.6 is 0 Å². The van der Waals surface area contributed by atoms with Crippen LogP contribution in [0.1, 0.15) is 26.2 Å². The van der Waals surface area contributed by atoms with Crippen molar-refractivity contribution in [3.63, 3.8) is 0 Å². The van der Waals surface area contributed by atoms with Crippen LogP contribution < -0.4 is 11.1 Å². The van der Waals surface area contributed by atoms with E-state index in [9.17, 15) is 4.79 Å². The van der Waals surface area contributed by atoms with Crippen LogP contribution in [0.4, 0.5) is 0 Å². The number of hydrogen-bond donors (Lipinski definition) is 3. The molecule has 0 heterocycles. The summed E-state index contributed by atoms with van der Waals surface area (Å²) in [4.78, 5) is 10.4. The smallest absolute Gasteiger partial charge is 0.321 e. The van der Waals surface area contributed by atoms with E-state index in [0.717, 1.165) is 6.54 Å². The molecule has 1 atom stereocenters. The molecular formula is C9H18N2O2. The van der Waals surface area contributed by atoms with Crippen LogP contribution in [-0.2, 0) is 4.79 Å². The first-order valence-corrected chi connectivity index (χ1v) is 4.73. The van der Waals surface area contributed by atoms with Crippen molar-refractivity contribution < 1.29 is 9.90 Å². The average molecular weight is 186 g/mol. The third-order valence-corrected chi connectivity index (χ3v) is 2.79. The zero-order chi connectivity index (χ0) is 9.90. The lowest BCUT2D eigenvalue weighted by Gasteiger charge is -2.38. The second-order valence-electron chi connectivity index (χ2n) is 4.24. The van der Waals surface area contributed by atoms with Gasteiger partial charge in [-0.3, -0.25) is 4.79 Å². The van der Waals surface area contributed by atoms with Gasteiger partial charge in [0.15, 0.2) is 0 Å². The predicted molar refractivity (Wildman–Crippen MR) is 50.4 cm³/mol. The maximum Gasteiger partial charge on any atom is 0.321 e. The van der Waals surface area contributed by atoms with E-state index in [-0.39, 0.29) is 0 Å². The molecule has 4 heteroatoms. The summed E-state index contributed by atoms with van der Waals surface area (Å²) < 4.78 is 0. The molecule has 76 valence electrons. The van der Waals surface area contributed by atoms with Gasteiger partial charge >= 0.3 is 5.97 Å². The van der Waals surface area contributed by atoms with E-state index >= 15 is 0 Å². The van der Waals surface area contributed by atoms with Crippen LogP contribution in [-0.4, -0.2) is 30.2 Å². The molecule has 0 saturated heterocycles. The molecule has 0 spiro atoms. The third-order valence-electron chi connectivity index (χ3n) is 2.79. The van der Waals surface area contributed by atoms with Crippen LogP contribution in [0.2, 0.25) is 0 Å². The molecule has 0 aromatic rings. The summed E-state index contributed by atoms with van der Waals surface area (Å²) in [5, 5.41) is 11.6. The quantitative estimate of drug-likeness (QED) is 0.572. The van der Waals surface area contributed by atoms with Gasteiger partial charge in [0.25, 0.3) is 0 Å². The number of carboxylic acid groups (broad SMARTS) is 1. The molecule has 4 N–H and O–H groups in total. The predicted octanol–water partition coefficient (Wildman–Crippen LogP) is 0.178. The molecular weight excluding hydrogens is 168 g/mol. The van der Waals surface area contributed by atoms with Gasteiger partial charge in [0.2, 0.25) is 0 Å². The lowest BCUT2D eigenvalue weighted by molar-refractivity contribution is -0.138. The van der Waals surface area contributed by atoms with Crippen LogP contribution in [0.15, 0.2) is 0 Å². The van der Waals surface area contributed by atoms with E-state index in [1.807, 2.05) is 0 Å². The molecule has 1 aliphatic carbocycles. The zero-order valence-corrected chi connectivity index (χ0v) is 8.05. The van der Waals surface area contributed by atoms with Crippen molar-refractivity contribution in [2.24, 2.45) is 11.1 Å². The zero-order valence-electron chi connectivity index (χ0n) is 8.05. The summed E-state index contributed by atoms with van der Waals surface area (Å²) in [7, 11) is 0. The van der Waals surface area contributed by atoms with Crippen molar-refractivity contribution in [1.82, 2.24) is 5.32 Å². The Labute approximate surface area is 78.5 Å². The van der Waals surface area contributed by atoms with E-state index < -0.39 is 12.0 Å². The van der Waals surface area contributed by atoms with Gasteiger partial charge in [0.05, 0.1) is 0 Å². The fourth-order valence-electron chi connectivity index (χ4n) is 1.57. The SMILES string of the molecule is CC1(CNCC(N)C(=O)O)CCC1. The summed E-state index contributed by atoms with van der Waals surface area (Å²) in [5.41, 5.74) is 5.73. The number of nitrogens with one attached hydrogen (secondary N) is 1. The standard InChI is InChI=1S/C9H18N2O2/c1-9(3-2-4-9)6-11-5-7(10)8(12)13/h7,11H,2-6,10H2,1H3,(H,12,13). The van der Waals surface area contributed by atoms with E-state index in [0.29, 0.717) is 12.0 Å². The Morgan fingerprint density at radius 1 is 1.69 bits per heavy atom. The van der Waals surface area contributed by atoms with Crippen molar-refractivity contribution in [3.8, 4) is 0 Å². The monoisotopic (exact) mass is 186 g/mol. The first-order valence-electron chi connectivity index (χ1n) is 4.73. The molecule has 4 nitrogen and oxygen atoms in total. The van der Waals surface area contributed by atoms with E-state index in [2.05, 4.69) is 12.2 Å². The van der Waals surface area contributed by atoms with E-state index in [4.69, 9.17) is 10.8 Å². The first kappa shape index (κ1) is 10.5. The largest absolute Gasteiger partial charge is 0.480 e. The molecule has 1 rings (SSSR count). The highest BCUT2D eigenvalue weighted by Crippen LogP contribution is 2.39. The number of hydrogen-bond acceptors (Lipinski definition) is 3. The maximum atomic E-state index is 10.4. The third kappa shape index (κ3) is 2.97. The fraction of sp³-hybridized carbons (Fsp3) is 0.889. The highest BCUT2D eigenvalue weighted by atomic mass is 16.4. The molecule has 0 aromatic heterocycles. The fourth-order valence-corrected chi connectivity index (χ4v) is 1.57. The summed E-state index contributed by atoms with van der Waals surface area (Å²) in [6.07, 6.45) is 3.77. The number of rotatable bonds is 5. The first-order chi connectivity index (χ1) is 6.03. The molecule has 0 aliphatic heterocycles. The lowest BCUT2D eigenvalue weighted by Crippen LogP contribution is -2.45. The van der Waals surface area contributed by atoms with Gasteiger partial charge in [-0.2, -0.15) is 0 Å². The minimum atomic E-state index is -0.939. The van der Waals surface area contributed by atoms with Gasteiger partial charge in [0.1, 0.15) is 6.04 Å². The Hall–Kier alpha value is -0.610. The van der Waals surface area contributed by atoms with Gasteiger partial charge in [0, 0.05) is 13.1 Å². The van der Waals surface area contributed by atoms with Crippen LogP contribution in [0, 0.1) is 5.41 Å². The maximum absolute atomic E-state index is 10.4. The van der Waals surface area contributed by atoms with Crippen LogP contribution in [0.25, 0.3) is 0 Å².